The molecule has 0 saturated heterocycles. The molecule has 4 aliphatic rings. The molecule has 1 saturated carbocycles. The predicted octanol–water partition coefficient (Wildman–Crippen LogP) is 10.9. The van der Waals surface area contributed by atoms with Gasteiger partial charge in [0.1, 0.15) is 17.6 Å². The summed E-state index contributed by atoms with van der Waals surface area (Å²) < 4.78 is 8.12. The van der Waals surface area contributed by atoms with Gasteiger partial charge in [-0.2, -0.15) is 8.97 Å². The van der Waals surface area contributed by atoms with E-state index in [4.69, 9.17) is 0 Å². The van der Waals surface area contributed by atoms with Crippen molar-refractivity contribution in [2.24, 2.45) is 0 Å². The first kappa shape index (κ1) is 30.3. The van der Waals surface area contributed by atoms with Gasteiger partial charge in [-0.25, -0.2) is 4.57 Å². The van der Waals surface area contributed by atoms with E-state index in [9.17, 15) is 0 Å². The average Bonchev–Trinajstić information content (AvgIpc) is 3.50. The predicted molar refractivity (Wildman–Crippen MR) is 206 cm³/mol. The standard InChI is InChI=1S/C47H49N3/c1-6-46(5)47(7-2,25-27-48-26-11-10-20-40(48)34-16-9-8-14-30(34)3)39-19-13-17-35-36-18-12-15-31(4)44(36)49-41-28-37-32-21-23-33(24-22-32)38(37)29-42(41)50(46)45(49)43(35)39/h8-20,26,28-29,32-33H,6-7,21-25,27H2,1-5H3/q+2. The highest BCUT2D eigenvalue weighted by Gasteiger charge is 2.58. The minimum absolute atomic E-state index is 0.0774. The zero-order valence-electron chi connectivity index (χ0n) is 30.4. The zero-order chi connectivity index (χ0) is 33.9. The number of rotatable bonds is 6. The molecule has 3 nitrogen and oxygen atoms in total. The number of pyridine rings is 2. The summed E-state index contributed by atoms with van der Waals surface area (Å²) >= 11 is 0. The maximum absolute atomic E-state index is 2.88. The van der Waals surface area contributed by atoms with Gasteiger partial charge < -0.3 is 0 Å². The molecule has 0 N–H and O–H groups in total. The van der Waals surface area contributed by atoms with E-state index >= 15 is 0 Å². The summed E-state index contributed by atoms with van der Waals surface area (Å²) in [5, 5.41) is 4.24. The van der Waals surface area contributed by atoms with Crippen LogP contribution in [0.15, 0.2) is 97.2 Å². The Kier molecular flexibility index (Phi) is 6.52. The van der Waals surface area contributed by atoms with Crippen LogP contribution in [0.4, 0.5) is 0 Å². The molecule has 3 aromatic heterocycles. The molecule has 1 aliphatic heterocycles. The number of aromatic nitrogens is 3. The maximum atomic E-state index is 2.88. The summed E-state index contributed by atoms with van der Waals surface area (Å²) in [5.74, 6) is 1.42. The van der Waals surface area contributed by atoms with Crippen LogP contribution in [0.2, 0.25) is 0 Å². The van der Waals surface area contributed by atoms with Gasteiger partial charge >= 0.3 is 0 Å². The molecule has 50 heavy (non-hydrogen) atoms. The van der Waals surface area contributed by atoms with E-state index in [1.807, 2.05) is 0 Å². The fourth-order valence-corrected chi connectivity index (χ4v) is 11.5. The van der Waals surface area contributed by atoms with Gasteiger partial charge in [0.25, 0.3) is 5.65 Å². The Hall–Kier alpha value is -4.50. The van der Waals surface area contributed by atoms with Gasteiger partial charge in [0.05, 0.1) is 5.39 Å². The third-order valence-corrected chi connectivity index (χ3v) is 14.2. The van der Waals surface area contributed by atoms with Gasteiger partial charge in [-0.05, 0) is 123 Å². The molecular weight excluding hydrogens is 607 g/mol. The Bertz CT molecular complexity index is 2530. The van der Waals surface area contributed by atoms with Crippen LogP contribution in [0.3, 0.4) is 0 Å². The van der Waals surface area contributed by atoms with Gasteiger partial charge in [0.15, 0.2) is 17.2 Å². The number of hydrogen-bond acceptors (Lipinski definition) is 0. The molecule has 250 valence electrons. The molecular formula is C47H49N3+2. The van der Waals surface area contributed by atoms with Crippen LogP contribution >= 0.6 is 0 Å². The van der Waals surface area contributed by atoms with Crippen molar-refractivity contribution in [2.75, 3.05) is 0 Å². The summed E-state index contributed by atoms with van der Waals surface area (Å²) in [6, 6.07) is 35.2. The molecule has 0 spiro atoms. The highest BCUT2D eigenvalue weighted by molar-refractivity contribution is 6.15. The SMILES string of the molecule is CCC1(CC[n+]2ccccc2-c2ccccc2C)c2cccc3c4cccc(C)c4n4c5cc6c(cc5[n+](c4c23)C1(C)CC)C1CCC6CC1. The number of fused-ring (bicyclic) bond motifs is 8. The topological polar surface area (TPSA) is 12.2 Å². The number of aryl methyl sites for hydroxylation is 3. The fourth-order valence-electron chi connectivity index (χ4n) is 11.5. The lowest BCUT2D eigenvalue weighted by Gasteiger charge is -2.48. The van der Waals surface area contributed by atoms with E-state index < -0.39 is 0 Å². The quantitative estimate of drug-likeness (QED) is 0.125. The second-order valence-electron chi connectivity index (χ2n) is 16.1. The first-order chi connectivity index (χ1) is 24.4. The Morgan fingerprint density at radius 1 is 0.740 bits per heavy atom. The lowest BCUT2D eigenvalue weighted by molar-refractivity contribution is -0.734. The minimum atomic E-state index is -0.132. The van der Waals surface area contributed by atoms with E-state index in [1.165, 1.54) is 92.0 Å². The molecule has 3 aliphatic carbocycles. The normalized spacial score (nSPS) is 23.9. The fraction of sp³-hybridized carbons (Fsp3) is 0.362. The Labute approximate surface area is 296 Å². The van der Waals surface area contributed by atoms with Crippen molar-refractivity contribution in [1.82, 2.24) is 4.40 Å². The van der Waals surface area contributed by atoms with Crippen LogP contribution in [0.5, 0.6) is 0 Å². The lowest BCUT2D eigenvalue weighted by atomic mass is 9.58. The highest BCUT2D eigenvalue weighted by Crippen LogP contribution is 2.55. The third kappa shape index (κ3) is 3.76. The molecule has 4 heterocycles. The molecule has 11 rings (SSSR count). The second kappa shape index (κ2) is 10.8. The molecule has 2 atom stereocenters. The first-order valence-corrected chi connectivity index (χ1v) is 19.3. The van der Waals surface area contributed by atoms with Crippen LogP contribution in [0, 0.1) is 13.8 Å². The summed E-state index contributed by atoms with van der Waals surface area (Å²) in [6.45, 7) is 13.1. The number of benzene rings is 4. The summed E-state index contributed by atoms with van der Waals surface area (Å²) in [7, 11) is 0. The number of imidazole rings is 1. The Morgan fingerprint density at radius 2 is 1.44 bits per heavy atom. The van der Waals surface area contributed by atoms with Crippen molar-refractivity contribution in [2.45, 2.75) is 109 Å². The van der Waals surface area contributed by atoms with Gasteiger partial charge in [-0.1, -0.05) is 68.4 Å². The van der Waals surface area contributed by atoms with Gasteiger partial charge in [-0.15, -0.1) is 0 Å². The molecule has 7 aromatic rings. The molecule has 2 bridgehead atoms. The van der Waals surface area contributed by atoms with Crippen molar-refractivity contribution >= 4 is 38.4 Å². The molecule has 4 aromatic carbocycles. The molecule has 1 fully saturated rings. The van der Waals surface area contributed by atoms with E-state index in [0.717, 1.165) is 25.8 Å². The number of nitrogens with zero attached hydrogens (tertiary/aromatic N) is 3. The van der Waals surface area contributed by atoms with Crippen molar-refractivity contribution in [3.8, 4) is 11.3 Å². The molecule has 3 heteroatoms. The third-order valence-electron chi connectivity index (χ3n) is 14.2. The van der Waals surface area contributed by atoms with E-state index in [2.05, 4.69) is 145 Å². The van der Waals surface area contributed by atoms with E-state index in [0.29, 0.717) is 11.8 Å². The summed E-state index contributed by atoms with van der Waals surface area (Å²) in [5.41, 5.74) is 15.6. The van der Waals surface area contributed by atoms with Gasteiger partial charge in [0.2, 0.25) is 5.69 Å². The van der Waals surface area contributed by atoms with Crippen molar-refractivity contribution in [3.05, 3.63) is 125 Å². The van der Waals surface area contributed by atoms with E-state index in [-0.39, 0.29) is 11.0 Å². The second-order valence-corrected chi connectivity index (χ2v) is 16.1. The van der Waals surface area contributed by atoms with Crippen LogP contribution in [0.1, 0.15) is 105 Å². The van der Waals surface area contributed by atoms with Crippen LogP contribution in [0.25, 0.3) is 49.6 Å². The smallest absolute Gasteiger partial charge is 0.216 e. The Balaban J connectivity index is 1.30. The van der Waals surface area contributed by atoms with Gasteiger partial charge in [-0.3, -0.25) is 0 Å². The van der Waals surface area contributed by atoms with Crippen molar-refractivity contribution in [1.29, 1.82) is 0 Å². The monoisotopic (exact) mass is 655 g/mol. The number of para-hydroxylation sites is 1. The van der Waals surface area contributed by atoms with Crippen LogP contribution < -0.4 is 9.13 Å². The first-order valence-electron chi connectivity index (χ1n) is 19.3. The largest absolute Gasteiger partial charge is 0.296 e. The minimum Gasteiger partial charge on any atom is -0.216 e. The van der Waals surface area contributed by atoms with Gasteiger partial charge in [0, 0.05) is 40.3 Å². The maximum Gasteiger partial charge on any atom is 0.296 e. The summed E-state index contributed by atoms with van der Waals surface area (Å²) in [4.78, 5) is 0. The highest BCUT2D eigenvalue weighted by atomic mass is 15.2. The van der Waals surface area contributed by atoms with Crippen LogP contribution in [-0.4, -0.2) is 4.40 Å². The van der Waals surface area contributed by atoms with Crippen molar-refractivity contribution in [3.63, 3.8) is 0 Å². The zero-order valence-corrected chi connectivity index (χ0v) is 30.4. The average molecular weight is 656 g/mol. The van der Waals surface area contributed by atoms with E-state index in [1.54, 1.807) is 11.1 Å². The Morgan fingerprint density at radius 3 is 2.20 bits per heavy atom. The lowest BCUT2D eigenvalue weighted by Crippen LogP contribution is -2.67. The number of hydrogen-bond donors (Lipinski definition) is 0. The molecule has 0 amide bonds. The van der Waals surface area contributed by atoms with Crippen molar-refractivity contribution < 1.29 is 9.13 Å². The van der Waals surface area contributed by atoms with Crippen LogP contribution in [-0.2, 0) is 17.5 Å². The molecule has 2 unspecified atom stereocenters. The molecule has 0 radical (unpaired) electrons. The summed E-state index contributed by atoms with van der Waals surface area (Å²) in [6.07, 6.45) is 10.9.